The minimum atomic E-state index is -0.732. The van der Waals surface area contributed by atoms with E-state index in [0.29, 0.717) is 0 Å². The van der Waals surface area contributed by atoms with Crippen molar-refractivity contribution in [2.75, 3.05) is 0 Å². The minimum Gasteiger partial charge on any atom is -0.319 e. The van der Waals surface area contributed by atoms with Gasteiger partial charge in [0.1, 0.15) is 8.04 Å². The third-order valence-electron chi connectivity index (χ3n) is 1.35. The van der Waals surface area contributed by atoms with Gasteiger partial charge in [0.05, 0.1) is 0 Å². The van der Waals surface area contributed by atoms with E-state index in [9.17, 15) is 0 Å². The van der Waals surface area contributed by atoms with Crippen LogP contribution in [0, 0.1) is 0 Å². The SMILES string of the molecule is [3H]N(I)B(B([B])[B])B([B])B([B])[B]. The quantitative estimate of drug-likeness (QED) is 0.313. The van der Waals surface area contributed by atoms with Crippen LogP contribution in [0.5, 0.6) is 0 Å². The summed E-state index contributed by atoms with van der Waals surface area (Å²) in [6.45, 7) is -0.550. The molecule has 0 saturated heterocycles. The zero-order valence-corrected chi connectivity index (χ0v) is 8.18. The summed E-state index contributed by atoms with van der Waals surface area (Å²) in [5.74, 6) is 0. The van der Waals surface area contributed by atoms with Gasteiger partial charge < -0.3 is 3.43 Å². The summed E-state index contributed by atoms with van der Waals surface area (Å²) < 4.78 is 8.30. The minimum absolute atomic E-state index is 0.550. The molecular formula is HB9IN. The van der Waals surface area contributed by atoms with E-state index in [0.717, 1.165) is 3.43 Å². The van der Waals surface area contributed by atoms with Gasteiger partial charge in [-0.15, -0.1) is 0 Å². The highest BCUT2D eigenvalue weighted by Crippen LogP contribution is 1.89. The maximum absolute atomic E-state index is 7.26. The van der Waals surface area contributed by atoms with E-state index in [1.165, 1.54) is 0 Å². The van der Waals surface area contributed by atoms with Crippen molar-refractivity contribution in [1.29, 1.82) is 0 Å². The third-order valence-corrected chi connectivity index (χ3v) is 1.99. The topological polar surface area (TPSA) is 12.0 Å². The fourth-order valence-corrected chi connectivity index (χ4v) is 1.36. The Bertz CT molecular complexity index is 118. The molecule has 0 aliphatic heterocycles. The highest BCUT2D eigenvalue weighted by Gasteiger charge is 2.27. The van der Waals surface area contributed by atoms with Crippen LogP contribution in [0.15, 0.2) is 0 Å². The van der Waals surface area contributed by atoms with Crippen molar-refractivity contribution in [3.8, 4) is 0 Å². The van der Waals surface area contributed by atoms with Crippen LogP contribution < -0.4 is 3.43 Å². The van der Waals surface area contributed by atoms with Gasteiger partial charge in [0.2, 0.25) is 0 Å². The zero-order chi connectivity index (χ0) is 9.89. The molecule has 1 N–H and O–H groups in total. The summed E-state index contributed by atoms with van der Waals surface area (Å²) in [7, 11) is 27.1. The first-order valence-electron chi connectivity index (χ1n) is 3.54. The Morgan fingerprint density at radius 1 is 1.09 bits per heavy atom. The first-order chi connectivity index (χ1) is 5.37. The lowest BCUT2D eigenvalue weighted by molar-refractivity contribution is 1.80. The van der Waals surface area contributed by atoms with Crippen molar-refractivity contribution in [2.24, 2.45) is 0 Å². The second-order valence-corrected chi connectivity index (χ2v) is 2.88. The number of hydrogen-bond acceptors (Lipinski definition) is 1. The smallest absolute Gasteiger partial charge is 0.129 e. The molecule has 11 heteroatoms. The van der Waals surface area contributed by atoms with E-state index in [2.05, 4.69) is 0 Å². The van der Waals surface area contributed by atoms with Crippen LogP contribution in [-0.2, 0) is 0 Å². The molecule has 0 unspecified atom stereocenters. The molecule has 0 fully saturated rings. The first-order valence-corrected chi connectivity index (χ1v) is 4.06. The number of halogens is 1. The van der Waals surface area contributed by atoms with Crippen molar-refractivity contribution in [2.45, 2.75) is 0 Å². The summed E-state index contributed by atoms with van der Waals surface area (Å²) in [6.07, 6.45) is -2.07. The highest BCUT2D eigenvalue weighted by atomic mass is 127. The molecule has 0 aliphatic carbocycles. The Balaban J connectivity index is 4.30. The molecule has 0 spiro atoms. The Morgan fingerprint density at radius 2 is 1.55 bits per heavy atom. The lowest BCUT2D eigenvalue weighted by Gasteiger charge is -2.23. The van der Waals surface area contributed by atoms with Gasteiger partial charge in [-0.25, -0.2) is 0 Å². The Hall–Kier alpha value is 1.27. The fourth-order valence-electron chi connectivity index (χ4n) is 0.614. The van der Waals surface area contributed by atoms with Crippen molar-refractivity contribution in [3.63, 3.8) is 0 Å². The molecule has 0 aromatic carbocycles. The maximum Gasteiger partial charge on any atom is 0.129 e. The van der Waals surface area contributed by atoms with Gasteiger partial charge in [-0.1, -0.05) is 0 Å². The lowest BCUT2D eigenvalue weighted by Crippen LogP contribution is -2.64. The van der Waals surface area contributed by atoms with Gasteiger partial charge in [-0.3, -0.25) is 0 Å². The molecule has 0 aromatic rings. The van der Waals surface area contributed by atoms with Gasteiger partial charge in [0, 0.05) is 80.7 Å². The summed E-state index contributed by atoms with van der Waals surface area (Å²) in [5.41, 5.74) is 0. The van der Waals surface area contributed by atoms with Gasteiger partial charge >= 0.3 is 0 Å². The zero-order valence-electron chi connectivity index (χ0n) is 7.02. The molecule has 0 aliphatic rings. The van der Waals surface area contributed by atoms with Crippen LogP contribution in [0.1, 0.15) is 0 Å². The van der Waals surface area contributed by atoms with Crippen molar-refractivity contribution in [3.05, 3.63) is 0 Å². The van der Waals surface area contributed by atoms with Gasteiger partial charge in [0.15, 0.2) is 0 Å². The van der Waals surface area contributed by atoms with Crippen LogP contribution in [0.3, 0.4) is 0 Å². The van der Waals surface area contributed by atoms with Gasteiger partial charge in [-0.2, -0.15) is 0 Å². The largest absolute Gasteiger partial charge is 0.319 e. The second kappa shape index (κ2) is 5.84. The Labute approximate surface area is 91.9 Å². The average molecular weight is 241 g/mol. The molecule has 11 heavy (non-hydrogen) atoms. The van der Waals surface area contributed by atoms with Crippen LogP contribution in [0.4, 0.5) is 0 Å². The fraction of sp³-hybridized carbons (Fsp3) is 0. The second-order valence-electron chi connectivity index (χ2n) is 2.32. The van der Waals surface area contributed by atoms with E-state index in [4.69, 9.17) is 40.1 Å². The molecular weight excluding hydrogens is 238 g/mol. The van der Waals surface area contributed by atoms with E-state index >= 15 is 0 Å². The Kier molecular flexibility index (Phi) is 5.50. The summed E-state index contributed by atoms with van der Waals surface area (Å²) in [6, 6.07) is 0. The third kappa shape index (κ3) is 4.16. The number of hydrogen-bond donors (Lipinski definition) is 1. The van der Waals surface area contributed by atoms with E-state index in [1.807, 2.05) is 0 Å². The van der Waals surface area contributed by atoms with E-state index in [1.54, 1.807) is 22.9 Å². The lowest BCUT2D eigenvalue weighted by atomic mass is 8.66. The number of rotatable bonds is 4. The van der Waals surface area contributed by atoms with Gasteiger partial charge in [0.25, 0.3) is 0 Å². The summed E-state index contributed by atoms with van der Waals surface area (Å²) in [4.78, 5) is 0. The van der Waals surface area contributed by atoms with Crippen molar-refractivity contribution >= 4 is 87.3 Å². The molecule has 40 valence electrons. The predicted octanol–water partition coefficient (Wildman–Crippen LogP) is -3.04. The average Bonchev–Trinajstić information content (AvgIpc) is 1.85. The molecule has 0 rings (SSSR count). The molecule has 1 nitrogen and oxygen atoms in total. The van der Waals surface area contributed by atoms with Crippen molar-refractivity contribution in [1.82, 2.24) is 3.43 Å². The van der Waals surface area contributed by atoms with Crippen LogP contribution in [-0.4, -0.2) is 64.5 Å². The summed E-state index contributed by atoms with van der Waals surface area (Å²) in [5, 5.41) is 0. The van der Waals surface area contributed by atoms with Gasteiger partial charge in [-0.05, 0) is 0 Å². The number of nitrogens with one attached hydrogen (secondary N) is 1. The normalized spacial score (nSPS) is 10.5. The Morgan fingerprint density at radius 3 is 1.64 bits per heavy atom. The summed E-state index contributed by atoms with van der Waals surface area (Å²) >= 11 is 1.72. The standard InChI is InChI=1S/B9HIN/c1-6(2)8(5)9(11-10)7(3)4/h11H/i/hT. The van der Waals surface area contributed by atoms with Crippen LogP contribution in [0.2, 0.25) is 1.41 Å². The van der Waals surface area contributed by atoms with E-state index in [-0.39, 0.29) is 0 Å². The molecule has 0 bridgehead atoms. The maximum atomic E-state index is 7.26. The molecule has 10 radical (unpaired) electrons. The monoisotopic (exact) mass is 243 g/mol. The van der Waals surface area contributed by atoms with Crippen molar-refractivity contribution < 1.29 is 1.41 Å². The first kappa shape index (κ1) is 10.4. The highest BCUT2D eigenvalue weighted by molar-refractivity contribution is 14.1. The molecule has 0 saturated carbocycles. The molecule has 0 heterocycles. The van der Waals surface area contributed by atoms with E-state index < -0.39 is 25.8 Å². The molecule has 0 aromatic heterocycles. The molecule has 0 amide bonds. The predicted molar refractivity (Wildman–Crippen MR) is 68.9 cm³/mol. The molecule has 0 atom stereocenters. The van der Waals surface area contributed by atoms with Crippen LogP contribution in [0.25, 0.3) is 0 Å². The van der Waals surface area contributed by atoms with Crippen LogP contribution >= 0.6 is 22.9 Å².